The standard InChI is InChI=1S/C13H8F3N3O/c14-6-3-8(15)12(9(16)4-6)19-13-18-10-2-1-7(17)5-11(10)20-13/h1-5H,17H2,(H,18,19). The number of hydrogen-bond acceptors (Lipinski definition) is 4. The first-order valence-corrected chi connectivity index (χ1v) is 5.60. The number of hydrogen-bond donors (Lipinski definition) is 2. The Morgan fingerprint density at radius 1 is 1.05 bits per heavy atom. The normalized spacial score (nSPS) is 10.9. The molecule has 3 aromatic rings. The molecule has 0 radical (unpaired) electrons. The van der Waals surface area contributed by atoms with Crippen molar-refractivity contribution in [2.45, 2.75) is 0 Å². The van der Waals surface area contributed by atoms with Crippen molar-refractivity contribution in [2.75, 3.05) is 11.1 Å². The van der Waals surface area contributed by atoms with Crippen LogP contribution in [-0.4, -0.2) is 4.98 Å². The van der Waals surface area contributed by atoms with Crippen molar-refractivity contribution in [3.63, 3.8) is 0 Å². The summed E-state index contributed by atoms with van der Waals surface area (Å²) in [6.45, 7) is 0. The van der Waals surface area contributed by atoms with Crippen LogP contribution in [0.5, 0.6) is 0 Å². The largest absolute Gasteiger partial charge is 0.423 e. The second-order valence-corrected chi connectivity index (χ2v) is 4.12. The molecular formula is C13H8F3N3O. The third-order valence-corrected chi connectivity index (χ3v) is 2.65. The van der Waals surface area contributed by atoms with Gasteiger partial charge in [0.2, 0.25) is 0 Å². The minimum atomic E-state index is -1.08. The number of fused-ring (bicyclic) bond motifs is 1. The van der Waals surface area contributed by atoms with Gasteiger partial charge in [0.15, 0.2) is 17.2 Å². The van der Waals surface area contributed by atoms with E-state index in [2.05, 4.69) is 10.3 Å². The maximum Gasteiger partial charge on any atom is 0.300 e. The molecule has 0 aliphatic carbocycles. The summed E-state index contributed by atoms with van der Waals surface area (Å²) in [6, 6.07) is 5.77. The Morgan fingerprint density at radius 3 is 2.45 bits per heavy atom. The molecule has 0 atom stereocenters. The van der Waals surface area contributed by atoms with Crippen LogP contribution in [-0.2, 0) is 0 Å². The summed E-state index contributed by atoms with van der Waals surface area (Å²) in [6.07, 6.45) is 0. The monoisotopic (exact) mass is 279 g/mol. The lowest BCUT2D eigenvalue weighted by atomic mass is 10.3. The van der Waals surface area contributed by atoms with Crippen molar-refractivity contribution >= 4 is 28.5 Å². The minimum Gasteiger partial charge on any atom is -0.423 e. The minimum absolute atomic E-state index is 0.116. The average molecular weight is 279 g/mol. The van der Waals surface area contributed by atoms with Gasteiger partial charge >= 0.3 is 0 Å². The van der Waals surface area contributed by atoms with E-state index >= 15 is 0 Å². The fourth-order valence-corrected chi connectivity index (χ4v) is 1.76. The van der Waals surface area contributed by atoms with Gasteiger partial charge in [-0.25, -0.2) is 13.2 Å². The highest BCUT2D eigenvalue weighted by Gasteiger charge is 2.14. The quantitative estimate of drug-likeness (QED) is 0.704. The molecule has 4 nitrogen and oxygen atoms in total. The molecule has 0 bridgehead atoms. The molecule has 0 unspecified atom stereocenters. The highest BCUT2D eigenvalue weighted by atomic mass is 19.1. The topological polar surface area (TPSA) is 64.1 Å². The molecule has 20 heavy (non-hydrogen) atoms. The number of nitrogens with two attached hydrogens (primary N) is 1. The van der Waals surface area contributed by atoms with Crippen molar-refractivity contribution in [3.05, 3.63) is 47.8 Å². The van der Waals surface area contributed by atoms with E-state index in [0.717, 1.165) is 0 Å². The smallest absolute Gasteiger partial charge is 0.300 e. The van der Waals surface area contributed by atoms with Crippen LogP contribution in [0.15, 0.2) is 34.7 Å². The van der Waals surface area contributed by atoms with Gasteiger partial charge in [0.25, 0.3) is 6.01 Å². The Morgan fingerprint density at radius 2 is 1.75 bits per heavy atom. The van der Waals surface area contributed by atoms with Gasteiger partial charge in [0, 0.05) is 23.9 Å². The Labute approximate surface area is 111 Å². The van der Waals surface area contributed by atoms with Crippen molar-refractivity contribution in [1.29, 1.82) is 0 Å². The number of nitrogen functional groups attached to an aromatic ring is 1. The highest BCUT2D eigenvalue weighted by molar-refractivity contribution is 5.78. The number of nitrogens with one attached hydrogen (secondary N) is 1. The number of nitrogens with zero attached hydrogens (tertiary/aromatic N) is 1. The van der Waals surface area contributed by atoms with Gasteiger partial charge in [-0.1, -0.05) is 0 Å². The summed E-state index contributed by atoms with van der Waals surface area (Å²) in [5, 5.41) is 2.34. The SMILES string of the molecule is Nc1ccc2nc(Nc3c(F)cc(F)cc3F)oc2c1. The van der Waals surface area contributed by atoms with Crippen molar-refractivity contribution < 1.29 is 17.6 Å². The molecule has 0 fully saturated rings. The molecule has 0 saturated heterocycles. The average Bonchev–Trinajstić information content (AvgIpc) is 2.75. The third-order valence-electron chi connectivity index (χ3n) is 2.65. The Hall–Kier alpha value is -2.70. The van der Waals surface area contributed by atoms with Gasteiger partial charge in [-0.15, -0.1) is 0 Å². The predicted molar refractivity (Wildman–Crippen MR) is 68.0 cm³/mol. The molecule has 0 amide bonds. The Balaban J connectivity index is 2.01. The molecule has 102 valence electrons. The molecule has 0 saturated carbocycles. The van der Waals surface area contributed by atoms with Crippen LogP contribution in [0.2, 0.25) is 0 Å². The first-order chi connectivity index (χ1) is 9.52. The van der Waals surface area contributed by atoms with Crippen LogP contribution in [0.1, 0.15) is 0 Å². The van der Waals surface area contributed by atoms with Gasteiger partial charge in [-0.05, 0) is 12.1 Å². The van der Waals surface area contributed by atoms with Gasteiger partial charge in [-0.3, -0.25) is 0 Å². The number of oxazole rings is 1. The molecule has 1 heterocycles. The van der Waals surface area contributed by atoms with E-state index in [4.69, 9.17) is 10.2 Å². The predicted octanol–water partition coefficient (Wildman–Crippen LogP) is 3.57. The molecule has 3 rings (SSSR count). The van der Waals surface area contributed by atoms with E-state index in [9.17, 15) is 13.2 Å². The van der Waals surface area contributed by atoms with Crippen LogP contribution in [0.3, 0.4) is 0 Å². The van der Waals surface area contributed by atoms with Crippen molar-refractivity contribution in [3.8, 4) is 0 Å². The zero-order chi connectivity index (χ0) is 14.3. The fraction of sp³-hybridized carbons (Fsp3) is 0. The summed E-state index contributed by atoms with van der Waals surface area (Å²) in [7, 11) is 0. The number of aromatic nitrogens is 1. The van der Waals surface area contributed by atoms with E-state index in [1.807, 2.05) is 0 Å². The fourth-order valence-electron chi connectivity index (χ4n) is 1.76. The number of anilines is 3. The summed E-state index contributed by atoms with van der Waals surface area (Å²) in [5.41, 5.74) is 6.36. The third kappa shape index (κ3) is 2.13. The van der Waals surface area contributed by atoms with Crippen LogP contribution in [0.4, 0.5) is 30.6 Å². The Kier molecular flexibility index (Phi) is 2.74. The summed E-state index contributed by atoms with van der Waals surface area (Å²) >= 11 is 0. The molecule has 7 heteroatoms. The van der Waals surface area contributed by atoms with E-state index < -0.39 is 23.1 Å². The number of rotatable bonds is 2. The maximum absolute atomic E-state index is 13.5. The lowest BCUT2D eigenvalue weighted by molar-refractivity contribution is 0.545. The van der Waals surface area contributed by atoms with Crippen LogP contribution >= 0.6 is 0 Å². The van der Waals surface area contributed by atoms with Crippen LogP contribution in [0.25, 0.3) is 11.1 Å². The van der Waals surface area contributed by atoms with Gasteiger partial charge in [-0.2, -0.15) is 4.98 Å². The van der Waals surface area contributed by atoms with Gasteiger partial charge in [0.1, 0.15) is 17.0 Å². The zero-order valence-electron chi connectivity index (χ0n) is 9.95. The summed E-state index contributed by atoms with van der Waals surface area (Å²) in [4.78, 5) is 3.99. The lowest BCUT2D eigenvalue weighted by Crippen LogP contribution is -1.98. The molecular weight excluding hydrogens is 271 g/mol. The lowest BCUT2D eigenvalue weighted by Gasteiger charge is -2.04. The number of halogens is 3. The zero-order valence-corrected chi connectivity index (χ0v) is 9.95. The van der Waals surface area contributed by atoms with E-state index in [-0.39, 0.29) is 6.01 Å². The maximum atomic E-state index is 13.5. The van der Waals surface area contributed by atoms with Gasteiger partial charge in [0.05, 0.1) is 0 Å². The van der Waals surface area contributed by atoms with Gasteiger partial charge < -0.3 is 15.5 Å². The highest BCUT2D eigenvalue weighted by Crippen LogP contribution is 2.27. The van der Waals surface area contributed by atoms with E-state index in [1.54, 1.807) is 12.1 Å². The summed E-state index contributed by atoms with van der Waals surface area (Å²) in [5.74, 6) is -3.16. The molecule has 0 aliphatic heterocycles. The van der Waals surface area contributed by atoms with Crippen molar-refractivity contribution in [1.82, 2.24) is 4.98 Å². The van der Waals surface area contributed by atoms with E-state index in [1.165, 1.54) is 6.07 Å². The van der Waals surface area contributed by atoms with Crippen LogP contribution in [0, 0.1) is 17.5 Å². The second kappa shape index (κ2) is 4.44. The first kappa shape index (κ1) is 12.3. The first-order valence-electron chi connectivity index (χ1n) is 5.60. The molecule has 2 aromatic carbocycles. The van der Waals surface area contributed by atoms with Crippen molar-refractivity contribution in [2.24, 2.45) is 0 Å². The van der Waals surface area contributed by atoms with Crippen LogP contribution < -0.4 is 11.1 Å². The molecule has 0 spiro atoms. The molecule has 0 aliphatic rings. The second-order valence-electron chi connectivity index (χ2n) is 4.12. The van der Waals surface area contributed by atoms with E-state index in [0.29, 0.717) is 28.9 Å². The molecule has 1 aromatic heterocycles. The summed E-state index contributed by atoms with van der Waals surface area (Å²) < 4.78 is 45.0. The Bertz CT molecular complexity index is 778. The number of benzene rings is 2. The molecule has 3 N–H and O–H groups in total.